The first-order valence-electron chi connectivity index (χ1n) is 7.44. The summed E-state index contributed by atoms with van der Waals surface area (Å²) in [4.78, 5) is 11.6. The van der Waals surface area contributed by atoms with Crippen LogP contribution in [-0.4, -0.2) is 20.7 Å². The Labute approximate surface area is 125 Å². The van der Waals surface area contributed by atoms with Crippen LogP contribution >= 0.6 is 0 Å². The summed E-state index contributed by atoms with van der Waals surface area (Å²) in [6.45, 7) is 8.59. The molecule has 1 heterocycles. The Morgan fingerprint density at radius 2 is 1.95 bits per heavy atom. The summed E-state index contributed by atoms with van der Waals surface area (Å²) in [7, 11) is 0. The number of aliphatic hydroxyl groups excluding tert-OH is 1. The lowest BCUT2D eigenvalue weighted by Gasteiger charge is -2.11. The van der Waals surface area contributed by atoms with Gasteiger partial charge in [0, 0.05) is 23.7 Å². The first-order chi connectivity index (χ1) is 9.86. The molecule has 0 amide bonds. The summed E-state index contributed by atoms with van der Waals surface area (Å²) in [6.07, 6.45) is 2.18. The van der Waals surface area contributed by atoms with E-state index in [0.717, 1.165) is 29.5 Å². The van der Waals surface area contributed by atoms with Crippen LogP contribution in [0.2, 0.25) is 0 Å². The van der Waals surface area contributed by atoms with Crippen molar-refractivity contribution < 1.29 is 15.0 Å². The van der Waals surface area contributed by atoms with Gasteiger partial charge in [-0.3, -0.25) is 0 Å². The number of aromatic carboxylic acids is 1. The predicted octanol–water partition coefficient (Wildman–Crippen LogP) is 3.93. The van der Waals surface area contributed by atoms with Crippen LogP contribution in [0.4, 0.5) is 0 Å². The number of hydrogen-bond donors (Lipinski definition) is 2. The number of aromatic nitrogens is 1. The summed E-state index contributed by atoms with van der Waals surface area (Å²) in [6, 6.07) is 3.77. The van der Waals surface area contributed by atoms with E-state index < -0.39 is 12.1 Å². The summed E-state index contributed by atoms with van der Waals surface area (Å²) in [5, 5.41) is 20.4. The minimum Gasteiger partial charge on any atom is -0.478 e. The standard InChI is InChI=1S/C17H23NO3/c1-5-6-18-9-15(11(4)19)13-7-12(10(2)3)8-14(16(13)18)17(20)21/h7-11,19H,5-6H2,1-4H3,(H,20,21). The number of carboxylic acid groups (broad SMARTS) is 1. The molecule has 0 fully saturated rings. The maximum absolute atomic E-state index is 11.6. The van der Waals surface area contributed by atoms with E-state index in [9.17, 15) is 15.0 Å². The van der Waals surface area contributed by atoms with Crippen molar-refractivity contribution in [3.05, 3.63) is 35.0 Å². The highest BCUT2D eigenvalue weighted by atomic mass is 16.4. The molecule has 0 bridgehead atoms. The van der Waals surface area contributed by atoms with Crippen molar-refractivity contribution in [2.45, 2.75) is 52.7 Å². The number of hydrogen-bond acceptors (Lipinski definition) is 2. The molecule has 2 N–H and O–H groups in total. The van der Waals surface area contributed by atoms with E-state index >= 15 is 0 Å². The summed E-state index contributed by atoms with van der Waals surface area (Å²) >= 11 is 0. The Bertz CT molecular complexity index is 668. The minimum absolute atomic E-state index is 0.240. The van der Waals surface area contributed by atoms with Crippen LogP contribution in [0, 0.1) is 0 Å². The average molecular weight is 289 g/mol. The lowest BCUT2D eigenvalue weighted by atomic mass is 9.96. The number of rotatable bonds is 5. The van der Waals surface area contributed by atoms with Gasteiger partial charge in [-0.25, -0.2) is 4.79 Å². The van der Waals surface area contributed by atoms with Gasteiger partial charge in [0.15, 0.2) is 0 Å². The molecule has 0 aliphatic rings. The van der Waals surface area contributed by atoms with Gasteiger partial charge in [-0.15, -0.1) is 0 Å². The maximum Gasteiger partial charge on any atom is 0.337 e. The Hall–Kier alpha value is -1.81. The number of aryl methyl sites for hydroxylation is 1. The van der Waals surface area contributed by atoms with E-state index in [-0.39, 0.29) is 5.92 Å². The van der Waals surface area contributed by atoms with Crippen LogP contribution in [0.25, 0.3) is 10.9 Å². The smallest absolute Gasteiger partial charge is 0.337 e. The summed E-state index contributed by atoms with van der Waals surface area (Å²) < 4.78 is 1.95. The third-order valence-corrected chi connectivity index (χ3v) is 3.84. The van der Waals surface area contributed by atoms with Gasteiger partial charge >= 0.3 is 5.97 Å². The van der Waals surface area contributed by atoms with Gasteiger partial charge in [0.25, 0.3) is 0 Å². The van der Waals surface area contributed by atoms with E-state index in [1.165, 1.54) is 0 Å². The zero-order valence-electron chi connectivity index (χ0n) is 13.1. The third-order valence-electron chi connectivity index (χ3n) is 3.84. The Balaban J connectivity index is 2.86. The largest absolute Gasteiger partial charge is 0.478 e. The van der Waals surface area contributed by atoms with Crippen LogP contribution in [0.1, 0.15) is 67.6 Å². The second-order valence-corrected chi connectivity index (χ2v) is 5.88. The lowest BCUT2D eigenvalue weighted by Crippen LogP contribution is -2.04. The first kappa shape index (κ1) is 15.6. The van der Waals surface area contributed by atoms with Crippen LogP contribution < -0.4 is 0 Å². The molecule has 0 spiro atoms. The number of carboxylic acids is 1. The van der Waals surface area contributed by atoms with Crippen LogP contribution in [-0.2, 0) is 6.54 Å². The Kier molecular flexibility index (Phi) is 4.37. The van der Waals surface area contributed by atoms with Gasteiger partial charge in [-0.2, -0.15) is 0 Å². The van der Waals surface area contributed by atoms with Crippen molar-refractivity contribution in [1.82, 2.24) is 4.57 Å². The van der Waals surface area contributed by atoms with E-state index in [0.29, 0.717) is 11.1 Å². The molecule has 1 atom stereocenters. The van der Waals surface area contributed by atoms with Crippen molar-refractivity contribution in [2.24, 2.45) is 0 Å². The minimum atomic E-state index is -0.921. The van der Waals surface area contributed by atoms with Crippen LogP contribution in [0.3, 0.4) is 0 Å². The van der Waals surface area contributed by atoms with Crippen molar-refractivity contribution in [2.75, 3.05) is 0 Å². The second-order valence-electron chi connectivity index (χ2n) is 5.88. The van der Waals surface area contributed by atoms with Gasteiger partial charge in [0.05, 0.1) is 17.2 Å². The number of aliphatic hydroxyl groups is 1. The van der Waals surface area contributed by atoms with Crippen molar-refractivity contribution in [3.8, 4) is 0 Å². The van der Waals surface area contributed by atoms with E-state index in [2.05, 4.69) is 6.92 Å². The van der Waals surface area contributed by atoms with Gasteiger partial charge in [0.2, 0.25) is 0 Å². The van der Waals surface area contributed by atoms with Crippen molar-refractivity contribution in [3.63, 3.8) is 0 Å². The van der Waals surface area contributed by atoms with Gasteiger partial charge < -0.3 is 14.8 Å². The molecule has 4 heteroatoms. The number of benzene rings is 1. The van der Waals surface area contributed by atoms with Gasteiger partial charge in [0.1, 0.15) is 0 Å². The Morgan fingerprint density at radius 1 is 1.29 bits per heavy atom. The van der Waals surface area contributed by atoms with Gasteiger partial charge in [-0.05, 0) is 37.0 Å². The molecular formula is C17H23NO3. The first-order valence-corrected chi connectivity index (χ1v) is 7.44. The Morgan fingerprint density at radius 3 is 2.43 bits per heavy atom. The highest BCUT2D eigenvalue weighted by molar-refractivity contribution is 6.04. The molecule has 0 aliphatic carbocycles. The van der Waals surface area contributed by atoms with Crippen molar-refractivity contribution >= 4 is 16.9 Å². The fraction of sp³-hybridized carbons (Fsp3) is 0.471. The van der Waals surface area contributed by atoms with E-state index in [1.54, 1.807) is 13.0 Å². The van der Waals surface area contributed by atoms with E-state index in [1.807, 2.05) is 30.7 Å². The summed E-state index contributed by atoms with van der Waals surface area (Å²) in [5.41, 5.74) is 2.81. The molecule has 1 aromatic heterocycles. The molecule has 114 valence electrons. The molecule has 0 saturated carbocycles. The second kappa shape index (κ2) is 5.90. The molecule has 0 saturated heterocycles. The molecule has 2 rings (SSSR count). The SMILES string of the molecule is CCCn1cc(C(C)O)c2cc(C(C)C)cc(C(=O)O)c21. The zero-order valence-corrected chi connectivity index (χ0v) is 13.1. The highest BCUT2D eigenvalue weighted by Crippen LogP contribution is 2.32. The molecule has 0 radical (unpaired) electrons. The zero-order chi connectivity index (χ0) is 15.7. The average Bonchev–Trinajstić information content (AvgIpc) is 2.77. The van der Waals surface area contributed by atoms with Crippen molar-refractivity contribution in [1.29, 1.82) is 0 Å². The number of carbonyl (C=O) groups is 1. The van der Waals surface area contributed by atoms with E-state index in [4.69, 9.17) is 0 Å². The molecule has 0 aliphatic heterocycles. The van der Waals surface area contributed by atoms with Crippen LogP contribution in [0.15, 0.2) is 18.3 Å². The molecular weight excluding hydrogens is 266 g/mol. The number of fused-ring (bicyclic) bond motifs is 1. The molecule has 2 aromatic rings. The topological polar surface area (TPSA) is 62.5 Å². The predicted molar refractivity (Wildman–Crippen MR) is 83.9 cm³/mol. The number of nitrogens with zero attached hydrogens (tertiary/aromatic N) is 1. The maximum atomic E-state index is 11.6. The molecule has 21 heavy (non-hydrogen) atoms. The van der Waals surface area contributed by atoms with Gasteiger partial charge in [-0.1, -0.05) is 20.8 Å². The summed E-state index contributed by atoms with van der Waals surface area (Å²) in [5.74, 6) is -0.682. The normalized spacial score (nSPS) is 13.0. The fourth-order valence-electron chi connectivity index (χ4n) is 2.73. The molecule has 4 nitrogen and oxygen atoms in total. The van der Waals surface area contributed by atoms with Crippen LogP contribution in [0.5, 0.6) is 0 Å². The fourth-order valence-corrected chi connectivity index (χ4v) is 2.73. The third kappa shape index (κ3) is 2.81. The monoisotopic (exact) mass is 289 g/mol. The lowest BCUT2D eigenvalue weighted by molar-refractivity contribution is 0.0698. The molecule has 1 aromatic carbocycles. The molecule has 1 unspecified atom stereocenters. The quantitative estimate of drug-likeness (QED) is 0.876. The highest BCUT2D eigenvalue weighted by Gasteiger charge is 2.20.